The molecule has 2 atom stereocenters. The standard InChI is InChI=1S/C10H21N/c1-5-9(4)7-10(11)6-8(2)3/h9-10H,2,5-7,11H2,1,3-4H3. The molecule has 0 bridgehead atoms. The Labute approximate surface area is 70.7 Å². The van der Waals surface area contributed by atoms with Gasteiger partial charge in [-0.2, -0.15) is 0 Å². The summed E-state index contributed by atoms with van der Waals surface area (Å²) in [6.45, 7) is 10.3. The van der Waals surface area contributed by atoms with Crippen molar-refractivity contribution in [1.29, 1.82) is 0 Å². The van der Waals surface area contributed by atoms with Gasteiger partial charge in [0.25, 0.3) is 0 Å². The first-order valence-corrected chi connectivity index (χ1v) is 4.46. The highest BCUT2D eigenvalue weighted by Crippen LogP contribution is 2.12. The van der Waals surface area contributed by atoms with Crippen molar-refractivity contribution in [2.75, 3.05) is 0 Å². The van der Waals surface area contributed by atoms with Crippen LogP contribution in [0.4, 0.5) is 0 Å². The lowest BCUT2D eigenvalue weighted by Crippen LogP contribution is -2.22. The molecule has 0 fully saturated rings. The highest BCUT2D eigenvalue weighted by molar-refractivity contribution is 4.92. The second-order valence-electron chi connectivity index (χ2n) is 3.67. The molecule has 0 aromatic rings. The lowest BCUT2D eigenvalue weighted by molar-refractivity contribution is 0.450. The molecule has 1 heteroatoms. The van der Waals surface area contributed by atoms with Gasteiger partial charge in [-0.25, -0.2) is 0 Å². The number of hydrogen-bond acceptors (Lipinski definition) is 1. The van der Waals surface area contributed by atoms with E-state index in [9.17, 15) is 0 Å². The van der Waals surface area contributed by atoms with Gasteiger partial charge in [0.2, 0.25) is 0 Å². The minimum absolute atomic E-state index is 0.322. The third-order valence-electron chi connectivity index (χ3n) is 2.01. The van der Waals surface area contributed by atoms with Crippen LogP contribution in [0.25, 0.3) is 0 Å². The molecular formula is C10H21N. The van der Waals surface area contributed by atoms with Crippen LogP contribution in [-0.2, 0) is 0 Å². The second-order valence-corrected chi connectivity index (χ2v) is 3.67. The Kier molecular flexibility index (Phi) is 5.22. The third kappa shape index (κ3) is 6.11. The molecule has 0 rings (SSSR count). The lowest BCUT2D eigenvalue weighted by Gasteiger charge is -2.15. The minimum atomic E-state index is 0.322. The van der Waals surface area contributed by atoms with Gasteiger partial charge in [0.1, 0.15) is 0 Å². The fourth-order valence-corrected chi connectivity index (χ4v) is 1.21. The first-order valence-electron chi connectivity index (χ1n) is 4.46. The molecule has 0 aromatic carbocycles. The zero-order valence-corrected chi connectivity index (χ0v) is 8.06. The number of rotatable bonds is 5. The normalized spacial score (nSPS) is 16.0. The molecule has 0 saturated carbocycles. The largest absolute Gasteiger partial charge is 0.327 e. The molecule has 0 aliphatic heterocycles. The Morgan fingerprint density at radius 2 is 2.09 bits per heavy atom. The summed E-state index contributed by atoms with van der Waals surface area (Å²) in [5.74, 6) is 0.754. The smallest absolute Gasteiger partial charge is 0.00784 e. The van der Waals surface area contributed by atoms with Crippen LogP contribution in [0.1, 0.15) is 40.0 Å². The fraction of sp³-hybridized carbons (Fsp3) is 0.800. The molecule has 0 heterocycles. The van der Waals surface area contributed by atoms with Gasteiger partial charge in [-0.05, 0) is 25.7 Å². The van der Waals surface area contributed by atoms with E-state index in [1.54, 1.807) is 0 Å². The molecule has 2 unspecified atom stereocenters. The second kappa shape index (κ2) is 5.36. The van der Waals surface area contributed by atoms with Gasteiger partial charge < -0.3 is 5.73 Å². The van der Waals surface area contributed by atoms with Crippen molar-refractivity contribution in [3.05, 3.63) is 12.2 Å². The van der Waals surface area contributed by atoms with Crippen LogP contribution >= 0.6 is 0 Å². The maximum Gasteiger partial charge on any atom is 0.00784 e. The predicted octanol–water partition coefficient (Wildman–Crippen LogP) is 2.72. The Bertz CT molecular complexity index is 118. The van der Waals surface area contributed by atoms with Crippen LogP contribution in [0.15, 0.2) is 12.2 Å². The van der Waals surface area contributed by atoms with E-state index in [2.05, 4.69) is 20.4 Å². The summed E-state index contributed by atoms with van der Waals surface area (Å²) in [6, 6.07) is 0.322. The Morgan fingerprint density at radius 1 is 1.55 bits per heavy atom. The Balaban J connectivity index is 3.51. The monoisotopic (exact) mass is 155 g/mol. The topological polar surface area (TPSA) is 26.0 Å². The summed E-state index contributed by atoms with van der Waals surface area (Å²) in [7, 11) is 0. The SMILES string of the molecule is C=C(C)CC(N)CC(C)CC. The maximum atomic E-state index is 5.89. The minimum Gasteiger partial charge on any atom is -0.327 e. The molecule has 0 saturated heterocycles. The van der Waals surface area contributed by atoms with Crippen molar-refractivity contribution >= 4 is 0 Å². The highest BCUT2D eigenvalue weighted by atomic mass is 14.6. The molecule has 66 valence electrons. The zero-order valence-electron chi connectivity index (χ0n) is 8.06. The molecule has 0 aliphatic rings. The van der Waals surface area contributed by atoms with Crippen molar-refractivity contribution in [1.82, 2.24) is 0 Å². The molecule has 1 nitrogen and oxygen atoms in total. The van der Waals surface area contributed by atoms with E-state index in [0.29, 0.717) is 6.04 Å². The molecule has 0 aliphatic carbocycles. The van der Waals surface area contributed by atoms with E-state index >= 15 is 0 Å². The fourth-order valence-electron chi connectivity index (χ4n) is 1.21. The van der Waals surface area contributed by atoms with Gasteiger partial charge in [-0.1, -0.05) is 25.8 Å². The van der Waals surface area contributed by atoms with E-state index < -0.39 is 0 Å². The van der Waals surface area contributed by atoms with Crippen LogP contribution in [-0.4, -0.2) is 6.04 Å². The number of hydrogen-bond donors (Lipinski definition) is 1. The quantitative estimate of drug-likeness (QED) is 0.607. The molecule has 0 amide bonds. The Morgan fingerprint density at radius 3 is 2.45 bits per heavy atom. The van der Waals surface area contributed by atoms with Gasteiger partial charge in [-0.3, -0.25) is 0 Å². The van der Waals surface area contributed by atoms with E-state index in [0.717, 1.165) is 18.8 Å². The van der Waals surface area contributed by atoms with Crippen LogP contribution in [0.5, 0.6) is 0 Å². The summed E-state index contributed by atoms with van der Waals surface area (Å²) in [6.07, 6.45) is 3.33. The van der Waals surface area contributed by atoms with E-state index in [-0.39, 0.29) is 0 Å². The van der Waals surface area contributed by atoms with Gasteiger partial charge in [0, 0.05) is 6.04 Å². The van der Waals surface area contributed by atoms with E-state index in [1.165, 1.54) is 12.0 Å². The molecule has 0 radical (unpaired) electrons. The molecule has 11 heavy (non-hydrogen) atoms. The third-order valence-corrected chi connectivity index (χ3v) is 2.01. The van der Waals surface area contributed by atoms with Crippen molar-refractivity contribution in [3.63, 3.8) is 0 Å². The summed E-state index contributed by atoms with van der Waals surface area (Å²) in [4.78, 5) is 0. The molecular weight excluding hydrogens is 134 g/mol. The lowest BCUT2D eigenvalue weighted by atomic mass is 9.96. The summed E-state index contributed by atoms with van der Waals surface area (Å²) in [5.41, 5.74) is 7.09. The van der Waals surface area contributed by atoms with Gasteiger partial charge >= 0.3 is 0 Å². The Hall–Kier alpha value is -0.300. The van der Waals surface area contributed by atoms with Crippen molar-refractivity contribution in [3.8, 4) is 0 Å². The highest BCUT2D eigenvalue weighted by Gasteiger charge is 2.06. The number of nitrogens with two attached hydrogens (primary N) is 1. The van der Waals surface area contributed by atoms with Crippen LogP contribution < -0.4 is 5.73 Å². The van der Waals surface area contributed by atoms with Gasteiger partial charge in [0.05, 0.1) is 0 Å². The van der Waals surface area contributed by atoms with Gasteiger partial charge in [-0.15, -0.1) is 6.58 Å². The molecule has 2 N–H and O–H groups in total. The average molecular weight is 155 g/mol. The summed E-state index contributed by atoms with van der Waals surface area (Å²) in [5, 5.41) is 0. The predicted molar refractivity (Wildman–Crippen MR) is 51.5 cm³/mol. The summed E-state index contributed by atoms with van der Waals surface area (Å²) < 4.78 is 0. The van der Waals surface area contributed by atoms with E-state index in [4.69, 9.17) is 5.73 Å². The first kappa shape index (κ1) is 10.7. The first-order chi connectivity index (χ1) is 5.06. The molecule has 0 aromatic heterocycles. The van der Waals surface area contributed by atoms with Crippen molar-refractivity contribution < 1.29 is 0 Å². The van der Waals surface area contributed by atoms with Crippen LogP contribution in [0.3, 0.4) is 0 Å². The average Bonchev–Trinajstić information content (AvgIpc) is 1.85. The van der Waals surface area contributed by atoms with Crippen molar-refractivity contribution in [2.24, 2.45) is 11.7 Å². The van der Waals surface area contributed by atoms with Crippen LogP contribution in [0.2, 0.25) is 0 Å². The van der Waals surface area contributed by atoms with Crippen LogP contribution in [0, 0.1) is 5.92 Å². The van der Waals surface area contributed by atoms with Gasteiger partial charge in [0.15, 0.2) is 0 Å². The molecule has 0 spiro atoms. The summed E-state index contributed by atoms with van der Waals surface area (Å²) >= 11 is 0. The van der Waals surface area contributed by atoms with Crippen molar-refractivity contribution in [2.45, 2.75) is 46.1 Å². The maximum absolute atomic E-state index is 5.89. The van der Waals surface area contributed by atoms with E-state index in [1.807, 2.05) is 6.92 Å². The zero-order chi connectivity index (χ0) is 8.85.